The summed E-state index contributed by atoms with van der Waals surface area (Å²) in [5, 5.41) is 3.65. The van der Waals surface area contributed by atoms with Crippen LogP contribution in [-0.4, -0.2) is 27.9 Å². The van der Waals surface area contributed by atoms with Crippen LogP contribution < -0.4 is 0 Å². The largest absolute Gasteiger partial charge is 0.466 e. The smallest absolute Gasteiger partial charge is 0.306 e. The number of benzene rings is 2. The summed E-state index contributed by atoms with van der Waals surface area (Å²) < 4.78 is 7.09. The van der Waals surface area contributed by atoms with Crippen molar-refractivity contribution >= 4 is 34.0 Å². The van der Waals surface area contributed by atoms with E-state index in [4.69, 9.17) is 4.74 Å². The molecule has 0 fully saturated rings. The molecule has 0 saturated carbocycles. The first kappa shape index (κ1) is 21.0. The maximum atomic E-state index is 13.1. The van der Waals surface area contributed by atoms with Crippen LogP contribution >= 0.6 is 11.3 Å². The summed E-state index contributed by atoms with van der Waals surface area (Å²) in [7, 11) is 0. The van der Waals surface area contributed by atoms with E-state index in [1.54, 1.807) is 6.92 Å². The van der Waals surface area contributed by atoms with Gasteiger partial charge in [-0.15, -0.1) is 11.3 Å². The Morgan fingerprint density at radius 3 is 2.65 bits per heavy atom. The Morgan fingerprint density at radius 1 is 1.06 bits per heavy atom. The molecule has 0 atom stereocenters. The van der Waals surface area contributed by atoms with Crippen LogP contribution in [0.1, 0.15) is 40.0 Å². The van der Waals surface area contributed by atoms with Gasteiger partial charge in [0.1, 0.15) is 5.01 Å². The average molecular weight is 433 g/mol. The zero-order valence-electron chi connectivity index (χ0n) is 17.4. The number of rotatable bonds is 9. The maximum Gasteiger partial charge on any atom is 0.306 e. The summed E-state index contributed by atoms with van der Waals surface area (Å²) in [5.41, 5.74) is 3.78. The molecule has 0 saturated heterocycles. The molecule has 31 heavy (non-hydrogen) atoms. The van der Waals surface area contributed by atoms with E-state index in [-0.39, 0.29) is 18.2 Å². The monoisotopic (exact) mass is 432 g/mol. The van der Waals surface area contributed by atoms with Gasteiger partial charge in [-0.3, -0.25) is 9.59 Å². The van der Waals surface area contributed by atoms with E-state index in [2.05, 4.69) is 21.7 Å². The van der Waals surface area contributed by atoms with Gasteiger partial charge in [0.25, 0.3) is 0 Å². The minimum Gasteiger partial charge on any atom is -0.466 e. The summed E-state index contributed by atoms with van der Waals surface area (Å²) in [4.78, 5) is 29.2. The number of thiazole rings is 1. The number of hydrogen-bond donors (Lipinski definition) is 0. The quantitative estimate of drug-likeness (QED) is 0.274. The van der Waals surface area contributed by atoms with E-state index in [0.29, 0.717) is 26.0 Å². The lowest BCUT2D eigenvalue weighted by Crippen LogP contribution is -2.06. The topological polar surface area (TPSA) is 61.2 Å². The van der Waals surface area contributed by atoms with Crippen LogP contribution in [0.3, 0.4) is 0 Å². The van der Waals surface area contributed by atoms with E-state index < -0.39 is 0 Å². The number of aromatic nitrogens is 2. The lowest BCUT2D eigenvalue weighted by Gasteiger charge is -2.05. The highest BCUT2D eigenvalue weighted by Crippen LogP contribution is 2.24. The van der Waals surface area contributed by atoms with Gasteiger partial charge in [0, 0.05) is 41.0 Å². The fourth-order valence-corrected chi connectivity index (χ4v) is 4.45. The van der Waals surface area contributed by atoms with Crippen LogP contribution in [-0.2, 0) is 28.9 Å². The van der Waals surface area contributed by atoms with Crippen molar-refractivity contribution in [3.8, 4) is 0 Å². The van der Waals surface area contributed by atoms with Gasteiger partial charge in [-0.05, 0) is 18.6 Å². The number of fused-ring (bicyclic) bond motifs is 1. The van der Waals surface area contributed by atoms with Crippen molar-refractivity contribution < 1.29 is 14.3 Å². The second-order valence-electron chi connectivity index (χ2n) is 7.31. The van der Waals surface area contributed by atoms with Gasteiger partial charge >= 0.3 is 5.97 Å². The van der Waals surface area contributed by atoms with Crippen LogP contribution in [0, 0.1) is 0 Å². The number of para-hydroxylation sites is 1. The highest BCUT2D eigenvalue weighted by atomic mass is 32.1. The van der Waals surface area contributed by atoms with E-state index in [9.17, 15) is 9.59 Å². The van der Waals surface area contributed by atoms with Crippen LogP contribution in [0.4, 0.5) is 0 Å². The highest BCUT2D eigenvalue weighted by molar-refractivity contribution is 7.09. The lowest BCUT2D eigenvalue weighted by atomic mass is 10.1. The van der Waals surface area contributed by atoms with Gasteiger partial charge in [-0.25, -0.2) is 4.98 Å². The van der Waals surface area contributed by atoms with E-state index >= 15 is 0 Å². The number of carbonyl (C=O) groups excluding carboxylic acids is 2. The Balaban J connectivity index is 1.50. The van der Waals surface area contributed by atoms with Gasteiger partial charge in [-0.2, -0.15) is 0 Å². The van der Waals surface area contributed by atoms with E-state index in [0.717, 1.165) is 27.2 Å². The minimum absolute atomic E-state index is 0.0503. The number of esters is 1. The fourth-order valence-electron chi connectivity index (χ4n) is 3.62. The van der Waals surface area contributed by atoms with Gasteiger partial charge in [-0.1, -0.05) is 48.5 Å². The average Bonchev–Trinajstić information content (AvgIpc) is 3.38. The zero-order valence-corrected chi connectivity index (χ0v) is 18.2. The Hall–Kier alpha value is -3.25. The third-order valence-corrected chi connectivity index (χ3v) is 5.98. The molecule has 158 valence electrons. The van der Waals surface area contributed by atoms with Crippen molar-refractivity contribution in [2.45, 2.75) is 32.7 Å². The molecule has 6 heteroatoms. The van der Waals surface area contributed by atoms with Gasteiger partial charge in [0.15, 0.2) is 5.78 Å². The second-order valence-corrected chi connectivity index (χ2v) is 8.25. The summed E-state index contributed by atoms with van der Waals surface area (Å²) in [6.07, 6.45) is 3.04. The summed E-state index contributed by atoms with van der Waals surface area (Å²) in [6, 6.07) is 18.2. The SMILES string of the molecule is CCOC(=O)CCc1csc(CC(=O)c2cn(Cc3ccccc3)c3ccccc23)n1. The molecule has 0 amide bonds. The molecule has 0 N–H and O–H groups in total. The predicted octanol–water partition coefficient (Wildman–Crippen LogP) is 5.07. The molecular weight excluding hydrogens is 408 g/mol. The van der Waals surface area contributed by atoms with Gasteiger partial charge < -0.3 is 9.30 Å². The molecule has 0 unspecified atom stereocenters. The minimum atomic E-state index is -0.223. The first-order valence-electron chi connectivity index (χ1n) is 10.4. The molecule has 0 aliphatic rings. The summed E-state index contributed by atoms with van der Waals surface area (Å²) >= 11 is 1.46. The highest BCUT2D eigenvalue weighted by Gasteiger charge is 2.17. The Kier molecular flexibility index (Phi) is 6.57. The molecular formula is C25H24N2O3S. The molecule has 4 aromatic rings. The number of carbonyl (C=O) groups is 2. The molecule has 2 aromatic carbocycles. The first-order chi connectivity index (χ1) is 15.1. The lowest BCUT2D eigenvalue weighted by molar-refractivity contribution is -0.143. The number of ketones is 1. The molecule has 0 aliphatic carbocycles. The van der Waals surface area contributed by atoms with Crippen molar-refractivity contribution in [3.63, 3.8) is 0 Å². The molecule has 0 radical (unpaired) electrons. The van der Waals surface area contributed by atoms with Crippen molar-refractivity contribution in [2.24, 2.45) is 0 Å². The number of hydrogen-bond acceptors (Lipinski definition) is 5. The van der Waals surface area contributed by atoms with Crippen molar-refractivity contribution in [3.05, 3.63) is 88.0 Å². The molecule has 2 heterocycles. The third-order valence-electron chi connectivity index (χ3n) is 5.09. The summed E-state index contributed by atoms with van der Waals surface area (Å²) in [6.45, 7) is 2.89. The van der Waals surface area contributed by atoms with Gasteiger partial charge in [0.05, 0.1) is 25.1 Å². The first-order valence-corrected chi connectivity index (χ1v) is 11.3. The second kappa shape index (κ2) is 9.71. The van der Waals surface area contributed by atoms with Crippen molar-refractivity contribution in [2.75, 3.05) is 6.61 Å². The number of aryl methyl sites for hydroxylation is 1. The van der Waals surface area contributed by atoms with Crippen LogP contribution in [0.15, 0.2) is 66.2 Å². The molecule has 0 aliphatic heterocycles. The Labute approximate surface area is 185 Å². The third kappa shape index (κ3) is 5.09. The number of nitrogens with zero attached hydrogens (tertiary/aromatic N) is 2. The van der Waals surface area contributed by atoms with Crippen LogP contribution in [0.25, 0.3) is 10.9 Å². The van der Waals surface area contributed by atoms with E-state index in [1.807, 2.05) is 54.0 Å². The molecule has 5 nitrogen and oxygen atoms in total. The Bertz CT molecular complexity index is 1190. The maximum absolute atomic E-state index is 13.1. The van der Waals surface area contributed by atoms with Gasteiger partial charge in [0.2, 0.25) is 0 Å². The van der Waals surface area contributed by atoms with Crippen LogP contribution in [0.2, 0.25) is 0 Å². The number of ether oxygens (including phenoxy) is 1. The normalized spacial score (nSPS) is 11.0. The predicted molar refractivity (Wildman–Crippen MR) is 123 cm³/mol. The molecule has 2 aromatic heterocycles. The standard InChI is InChI=1S/C25H24N2O3S/c1-2-30-25(29)13-12-19-17-31-24(26-19)14-23(28)21-16-27(15-18-8-4-3-5-9-18)22-11-7-6-10-20(21)22/h3-11,16-17H,2,12-15H2,1H3. The fraction of sp³-hybridized carbons (Fsp3) is 0.240. The van der Waals surface area contributed by atoms with Crippen LogP contribution in [0.5, 0.6) is 0 Å². The van der Waals surface area contributed by atoms with E-state index in [1.165, 1.54) is 16.9 Å². The number of Topliss-reactive ketones (excluding diaryl/α,β-unsaturated/α-hetero) is 1. The van der Waals surface area contributed by atoms with Crippen molar-refractivity contribution in [1.82, 2.24) is 9.55 Å². The Morgan fingerprint density at radius 2 is 1.84 bits per heavy atom. The molecule has 4 rings (SSSR count). The van der Waals surface area contributed by atoms with Crippen molar-refractivity contribution in [1.29, 1.82) is 0 Å². The zero-order chi connectivity index (χ0) is 21.6. The molecule has 0 spiro atoms. The summed E-state index contributed by atoms with van der Waals surface area (Å²) in [5.74, 6) is -0.173. The molecule has 0 bridgehead atoms.